The molecule has 100 valence electrons. The van der Waals surface area contributed by atoms with Crippen molar-refractivity contribution in [3.63, 3.8) is 0 Å². The van der Waals surface area contributed by atoms with Crippen LogP contribution < -0.4 is 5.32 Å². The lowest BCUT2D eigenvalue weighted by Crippen LogP contribution is -2.33. The molecule has 3 N–H and O–H groups in total. The summed E-state index contributed by atoms with van der Waals surface area (Å²) in [5.74, 6) is -2.59. The van der Waals surface area contributed by atoms with E-state index >= 15 is 0 Å². The lowest BCUT2D eigenvalue weighted by Gasteiger charge is -2.35. The van der Waals surface area contributed by atoms with Gasteiger partial charge in [0.05, 0.1) is 12.7 Å². The molecule has 2 rings (SSSR count). The molecule has 0 saturated heterocycles. The molecule has 1 aromatic carbocycles. The number of hydrogen-bond donors (Lipinski definition) is 3. The van der Waals surface area contributed by atoms with Gasteiger partial charge in [-0.2, -0.15) is 0 Å². The van der Waals surface area contributed by atoms with Crippen LogP contribution in [0.15, 0.2) is 24.3 Å². The van der Waals surface area contributed by atoms with Crippen molar-refractivity contribution in [2.24, 2.45) is 0 Å². The Morgan fingerprint density at radius 1 is 1.39 bits per heavy atom. The van der Waals surface area contributed by atoms with Gasteiger partial charge >= 0.3 is 0 Å². The molecule has 1 saturated carbocycles. The first-order valence-corrected chi connectivity index (χ1v) is 6.01. The number of rotatable bonds is 5. The average molecular weight is 257 g/mol. The van der Waals surface area contributed by atoms with E-state index in [-0.39, 0.29) is 31.9 Å². The maximum Gasteiger partial charge on any atom is 0.249 e. The minimum absolute atomic E-state index is 0.0792. The van der Waals surface area contributed by atoms with Crippen molar-refractivity contribution in [3.05, 3.63) is 29.8 Å². The quantitative estimate of drug-likeness (QED) is 0.756. The van der Waals surface area contributed by atoms with Gasteiger partial charge in [-0.3, -0.25) is 0 Å². The summed E-state index contributed by atoms with van der Waals surface area (Å²) in [7, 11) is 0. The average Bonchev–Trinajstić information content (AvgIpc) is 2.33. The highest BCUT2D eigenvalue weighted by Crippen LogP contribution is 2.48. The Labute approximate surface area is 104 Å². The van der Waals surface area contributed by atoms with Crippen LogP contribution in [-0.2, 0) is 0 Å². The zero-order valence-corrected chi connectivity index (χ0v) is 9.94. The third-order valence-corrected chi connectivity index (χ3v) is 3.20. The van der Waals surface area contributed by atoms with E-state index < -0.39 is 12.0 Å². The number of halogens is 2. The molecule has 0 heterocycles. The van der Waals surface area contributed by atoms with Gasteiger partial charge < -0.3 is 15.5 Å². The molecule has 1 fully saturated rings. The van der Waals surface area contributed by atoms with E-state index in [1.807, 2.05) is 18.2 Å². The van der Waals surface area contributed by atoms with E-state index in [9.17, 15) is 13.9 Å². The standard InChI is InChI=1S/C13H17F2NO2/c14-13(15)5-10(6-13)9-2-1-3-11(4-9)16-7-12(18)8-17/h1-4,10,12,16-18H,5-8H2. The summed E-state index contributed by atoms with van der Waals surface area (Å²) in [6.45, 7) is -0.0671. The first kappa shape index (κ1) is 13.2. The fourth-order valence-electron chi connectivity index (χ4n) is 2.10. The number of alkyl halides is 2. The molecule has 3 nitrogen and oxygen atoms in total. The monoisotopic (exact) mass is 257 g/mol. The van der Waals surface area contributed by atoms with E-state index in [1.165, 1.54) is 0 Å². The second-order valence-corrected chi connectivity index (χ2v) is 4.80. The van der Waals surface area contributed by atoms with Crippen molar-refractivity contribution < 1.29 is 19.0 Å². The van der Waals surface area contributed by atoms with Gasteiger partial charge in [0.15, 0.2) is 0 Å². The summed E-state index contributed by atoms with van der Waals surface area (Å²) >= 11 is 0. The molecular weight excluding hydrogens is 240 g/mol. The molecule has 0 bridgehead atoms. The highest BCUT2D eigenvalue weighted by molar-refractivity contribution is 5.47. The Morgan fingerprint density at radius 2 is 2.11 bits per heavy atom. The van der Waals surface area contributed by atoms with Crippen LogP contribution in [0, 0.1) is 0 Å². The van der Waals surface area contributed by atoms with Crippen molar-refractivity contribution >= 4 is 5.69 Å². The van der Waals surface area contributed by atoms with Crippen LogP contribution in [0.2, 0.25) is 0 Å². The summed E-state index contributed by atoms with van der Waals surface area (Å²) in [6, 6.07) is 7.28. The molecule has 1 aliphatic carbocycles. The fourth-order valence-corrected chi connectivity index (χ4v) is 2.10. The van der Waals surface area contributed by atoms with Crippen LogP contribution in [-0.4, -0.2) is 35.4 Å². The smallest absolute Gasteiger partial charge is 0.249 e. The number of hydrogen-bond acceptors (Lipinski definition) is 3. The summed E-state index contributed by atoms with van der Waals surface area (Å²) < 4.78 is 25.6. The molecule has 1 aromatic rings. The third-order valence-electron chi connectivity index (χ3n) is 3.20. The highest BCUT2D eigenvalue weighted by atomic mass is 19.3. The van der Waals surface area contributed by atoms with Gasteiger partial charge in [0.25, 0.3) is 0 Å². The maximum absolute atomic E-state index is 12.8. The number of aliphatic hydroxyl groups is 2. The molecular formula is C13H17F2NO2. The van der Waals surface area contributed by atoms with E-state index in [1.54, 1.807) is 6.07 Å². The molecule has 0 radical (unpaired) electrons. The molecule has 18 heavy (non-hydrogen) atoms. The lowest BCUT2D eigenvalue weighted by molar-refractivity contribution is -0.0867. The number of benzene rings is 1. The van der Waals surface area contributed by atoms with Crippen LogP contribution in [0.5, 0.6) is 0 Å². The van der Waals surface area contributed by atoms with E-state index in [0.717, 1.165) is 11.3 Å². The largest absolute Gasteiger partial charge is 0.394 e. The Morgan fingerprint density at radius 3 is 2.72 bits per heavy atom. The maximum atomic E-state index is 12.8. The molecule has 0 spiro atoms. The Kier molecular flexibility index (Phi) is 3.82. The summed E-state index contributed by atoms with van der Waals surface area (Å²) in [4.78, 5) is 0. The van der Waals surface area contributed by atoms with Crippen molar-refractivity contribution in [3.8, 4) is 0 Å². The third kappa shape index (κ3) is 3.17. The van der Waals surface area contributed by atoms with Gasteiger partial charge in [0, 0.05) is 25.1 Å². The second-order valence-electron chi connectivity index (χ2n) is 4.80. The Bertz CT molecular complexity index is 404. The van der Waals surface area contributed by atoms with Crippen LogP contribution in [0.1, 0.15) is 24.3 Å². The van der Waals surface area contributed by atoms with E-state index in [4.69, 9.17) is 5.11 Å². The summed E-state index contributed by atoms with van der Waals surface area (Å²) in [5.41, 5.74) is 1.67. The normalized spacial score (nSPS) is 20.2. The van der Waals surface area contributed by atoms with Gasteiger partial charge in [-0.25, -0.2) is 8.78 Å². The van der Waals surface area contributed by atoms with Gasteiger partial charge in [-0.05, 0) is 23.6 Å². The van der Waals surface area contributed by atoms with Crippen LogP contribution >= 0.6 is 0 Å². The second kappa shape index (κ2) is 5.20. The molecule has 0 aliphatic heterocycles. The van der Waals surface area contributed by atoms with E-state index in [0.29, 0.717) is 0 Å². The topological polar surface area (TPSA) is 52.5 Å². The molecule has 5 heteroatoms. The minimum atomic E-state index is -2.51. The number of aliphatic hydroxyl groups excluding tert-OH is 2. The lowest BCUT2D eigenvalue weighted by atomic mass is 9.77. The molecule has 0 aromatic heterocycles. The van der Waals surface area contributed by atoms with Crippen molar-refractivity contribution in [1.29, 1.82) is 0 Å². The van der Waals surface area contributed by atoms with Crippen LogP contribution in [0.25, 0.3) is 0 Å². The van der Waals surface area contributed by atoms with Crippen molar-refractivity contribution in [2.45, 2.75) is 30.8 Å². The first-order chi connectivity index (χ1) is 8.50. The number of anilines is 1. The van der Waals surface area contributed by atoms with E-state index in [2.05, 4.69) is 5.32 Å². The summed E-state index contributed by atoms with van der Waals surface area (Å²) in [5, 5.41) is 20.9. The highest BCUT2D eigenvalue weighted by Gasteiger charge is 2.45. The molecule has 1 aliphatic rings. The van der Waals surface area contributed by atoms with Crippen LogP contribution in [0.3, 0.4) is 0 Å². The summed E-state index contributed by atoms with van der Waals surface area (Å²) in [6.07, 6.45) is -0.993. The minimum Gasteiger partial charge on any atom is -0.394 e. The molecule has 0 amide bonds. The fraction of sp³-hybridized carbons (Fsp3) is 0.538. The Balaban J connectivity index is 1.94. The zero-order valence-electron chi connectivity index (χ0n) is 9.94. The predicted octanol–water partition coefficient (Wildman–Crippen LogP) is 1.96. The Hall–Kier alpha value is -1.20. The van der Waals surface area contributed by atoms with Gasteiger partial charge in [0.1, 0.15) is 0 Å². The van der Waals surface area contributed by atoms with Gasteiger partial charge in [-0.15, -0.1) is 0 Å². The number of nitrogens with one attached hydrogen (secondary N) is 1. The van der Waals surface area contributed by atoms with Gasteiger partial charge in [-0.1, -0.05) is 12.1 Å². The zero-order chi connectivity index (χ0) is 13.2. The predicted molar refractivity (Wildman–Crippen MR) is 64.9 cm³/mol. The van der Waals surface area contributed by atoms with Crippen LogP contribution in [0.4, 0.5) is 14.5 Å². The van der Waals surface area contributed by atoms with Gasteiger partial charge in [0.2, 0.25) is 5.92 Å². The van der Waals surface area contributed by atoms with Crippen molar-refractivity contribution in [2.75, 3.05) is 18.5 Å². The van der Waals surface area contributed by atoms with Crippen molar-refractivity contribution in [1.82, 2.24) is 0 Å². The molecule has 1 unspecified atom stereocenters. The first-order valence-electron chi connectivity index (χ1n) is 6.01. The molecule has 1 atom stereocenters. The SMILES string of the molecule is OCC(O)CNc1cccc(C2CC(F)(F)C2)c1.